The van der Waals surface area contributed by atoms with Gasteiger partial charge in [-0.3, -0.25) is 9.69 Å². The number of halogens is 1. The zero-order valence-electron chi connectivity index (χ0n) is 28.6. The molecule has 50 heavy (non-hydrogen) atoms. The molecule has 0 unspecified atom stereocenters. The first kappa shape index (κ1) is 34.7. The molecule has 1 saturated heterocycles. The third-order valence-corrected chi connectivity index (χ3v) is 9.09. The minimum absolute atomic E-state index is 0.0302. The van der Waals surface area contributed by atoms with Gasteiger partial charge < -0.3 is 19.1 Å². The SMILES string of the molecule is Cc1ccc(OCCc2ccc(CN3CCN(C(=O)C=Cc4ccc(Oc5ccc(OCc6ccccc6Cl)cn5)cc4C)CC3)cc2)cc1. The van der Waals surface area contributed by atoms with Crippen LogP contribution < -0.4 is 14.2 Å². The number of aromatic nitrogens is 1. The van der Waals surface area contributed by atoms with E-state index in [2.05, 4.69) is 53.2 Å². The number of pyridine rings is 1. The van der Waals surface area contributed by atoms with Crippen LogP contribution >= 0.6 is 11.6 Å². The van der Waals surface area contributed by atoms with Gasteiger partial charge in [-0.2, -0.15) is 0 Å². The highest BCUT2D eigenvalue weighted by atomic mass is 35.5. The lowest BCUT2D eigenvalue weighted by Crippen LogP contribution is -2.47. The Morgan fingerprint density at radius 3 is 2.24 bits per heavy atom. The van der Waals surface area contributed by atoms with Crippen molar-refractivity contribution in [2.45, 2.75) is 33.4 Å². The van der Waals surface area contributed by atoms with Crippen molar-refractivity contribution < 1.29 is 19.0 Å². The third-order valence-electron chi connectivity index (χ3n) is 8.72. The van der Waals surface area contributed by atoms with Gasteiger partial charge in [0.1, 0.15) is 23.9 Å². The van der Waals surface area contributed by atoms with Gasteiger partial charge in [-0.05, 0) is 78.6 Å². The van der Waals surface area contributed by atoms with E-state index < -0.39 is 0 Å². The molecule has 0 atom stereocenters. The molecule has 8 heteroatoms. The van der Waals surface area contributed by atoms with Gasteiger partial charge in [0.2, 0.25) is 11.8 Å². The van der Waals surface area contributed by atoms with Crippen LogP contribution in [0.5, 0.6) is 23.1 Å². The van der Waals surface area contributed by atoms with Crippen molar-refractivity contribution in [2.75, 3.05) is 32.8 Å². The maximum atomic E-state index is 13.0. The quantitative estimate of drug-likeness (QED) is 0.115. The Kier molecular flexibility index (Phi) is 11.8. The van der Waals surface area contributed by atoms with Crippen LogP contribution in [0.25, 0.3) is 6.08 Å². The molecule has 6 rings (SSSR count). The lowest BCUT2D eigenvalue weighted by atomic mass is 10.1. The first-order valence-electron chi connectivity index (χ1n) is 17.0. The molecule has 0 spiro atoms. The number of hydrogen-bond donors (Lipinski definition) is 0. The summed E-state index contributed by atoms with van der Waals surface area (Å²) in [7, 11) is 0. The van der Waals surface area contributed by atoms with Gasteiger partial charge in [0.25, 0.3) is 0 Å². The Bertz CT molecular complexity index is 1880. The van der Waals surface area contributed by atoms with E-state index in [4.69, 9.17) is 25.8 Å². The number of carbonyl (C=O) groups excluding carboxylic acids is 1. The van der Waals surface area contributed by atoms with E-state index in [0.717, 1.165) is 48.5 Å². The summed E-state index contributed by atoms with van der Waals surface area (Å²) in [5, 5.41) is 0.669. The van der Waals surface area contributed by atoms with Crippen LogP contribution in [0.2, 0.25) is 5.02 Å². The van der Waals surface area contributed by atoms with Crippen molar-refractivity contribution >= 4 is 23.6 Å². The number of rotatable bonds is 13. The molecule has 0 bridgehead atoms. The number of carbonyl (C=O) groups is 1. The molecule has 5 aromatic rings. The number of amides is 1. The van der Waals surface area contributed by atoms with Gasteiger partial charge >= 0.3 is 0 Å². The lowest BCUT2D eigenvalue weighted by Gasteiger charge is -2.34. The summed E-state index contributed by atoms with van der Waals surface area (Å²) in [5.74, 6) is 2.69. The molecule has 0 aliphatic carbocycles. The van der Waals surface area contributed by atoms with Crippen LogP contribution in [-0.2, 0) is 24.4 Å². The molecule has 1 fully saturated rings. The Morgan fingerprint density at radius 2 is 1.52 bits per heavy atom. The number of piperazine rings is 1. The van der Waals surface area contributed by atoms with E-state index >= 15 is 0 Å². The fraction of sp³-hybridized carbons (Fsp3) is 0.238. The Hall–Kier alpha value is -5.11. The second kappa shape index (κ2) is 17.0. The van der Waals surface area contributed by atoms with Crippen molar-refractivity contribution in [3.63, 3.8) is 0 Å². The van der Waals surface area contributed by atoms with E-state index in [1.807, 2.05) is 78.6 Å². The van der Waals surface area contributed by atoms with Crippen LogP contribution in [0.3, 0.4) is 0 Å². The van der Waals surface area contributed by atoms with Gasteiger partial charge in [0.05, 0.1) is 12.8 Å². The first-order chi connectivity index (χ1) is 24.4. The molecular formula is C42H42ClN3O4. The minimum Gasteiger partial charge on any atom is -0.493 e. The average Bonchev–Trinajstić information content (AvgIpc) is 3.13. The maximum Gasteiger partial charge on any atom is 0.246 e. The summed E-state index contributed by atoms with van der Waals surface area (Å²) < 4.78 is 17.7. The van der Waals surface area contributed by atoms with E-state index in [0.29, 0.717) is 48.7 Å². The number of benzene rings is 4. The van der Waals surface area contributed by atoms with Crippen molar-refractivity contribution in [1.29, 1.82) is 0 Å². The predicted molar refractivity (Wildman–Crippen MR) is 199 cm³/mol. The molecule has 1 amide bonds. The van der Waals surface area contributed by atoms with Gasteiger partial charge in [0, 0.05) is 61.9 Å². The highest BCUT2D eigenvalue weighted by Gasteiger charge is 2.19. The average molecular weight is 688 g/mol. The van der Waals surface area contributed by atoms with Gasteiger partial charge in [-0.15, -0.1) is 0 Å². The molecule has 256 valence electrons. The molecule has 2 heterocycles. The number of hydrogen-bond acceptors (Lipinski definition) is 6. The molecular weight excluding hydrogens is 646 g/mol. The molecule has 7 nitrogen and oxygen atoms in total. The summed E-state index contributed by atoms with van der Waals surface area (Å²) in [5.41, 5.74) is 6.65. The fourth-order valence-corrected chi connectivity index (χ4v) is 5.88. The Balaban J connectivity index is 0.914. The molecule has 0 radical (unpaired) electrons. The highest BCUT2D eigenvalue weighted by molar-refractivity contribution is 6.31. The normalized spacial score (nSPS) is 13.4. The van der Waals surface area contributed by atoms with Crippen LogP contribution in [-0.4, -0.2) is 53.5 Å². The van der Waals surface area contributed by atoms with E-state index in [-0.39, 0.29) is 5.91 Å². The van der Waals surface area contributed by atoms with Crippen molar-refractivity contribution in [2.24, 2.45) is 0 Å². The van der Waals surface area contributed by atoms with Crippen molar-refractivity contribution in [3.05, 3.63) is 154 Å². The number of nitrogens with zero attached hydrogens (tertiary/aromatic N) is 3. The summed E-state index contributed by atoms with van der Waals surface area (Å²) in [6.45, 7) is 9.08. The molecule has 1 aliphatic rings. The predicted octanol–water partition coefficient (Wildman–Crippen LogP) is 8.70. The highest BCUT2D eigenvalue weighted by Crippen LogP contribution is 2.25. The van der Waals surface area contributed by atoms with Crippen LogP contribution in [0, 0.1) is 13.8 Å². The molecule has 0 N–H and O–H groups in total. The minimum atomic E-state index is 0.0302. The Morgan fingerprint density at radius 1 is 0.800 bits per heavy atom. The van der Waals surface area contributed by atoms with Gasteiger partial charge in [0.15, 0.2) is 0 Å². The topological polar surface area (TPSA) is 64.1 Å². The summed E-state index contributed by atoms with van der Waals surface area (Å²) in [6.07, 6.45) is 6.05. The second-order valence-corrected chi connectivity index (χ2v) is 12.9. The van der Waals surface area contributed by atoms with E-state index in [1.165, 1.54) is 16.7 Å². The van der Waals surface area contributed by atoms with Crippen LogP contribution in [0.4, 0.5) is 0 Å². The maximum absolute atomic E-state index is 13.0. The Labute approximate surface area is 299 Å². The van der Waals surface area contributed by atoms with Crippen LogP contribution in [0.1, 0.15) is 33.4 Å². The first-order valence-corrected chi connectivity index (χ1v) is 17.3. The molecule has 0 saturated carbocycles. The fourth-order valence-electron chi connectivity index (χ4n) is 5.69. The molecule has 1 aromatic heterocycles. The summed E-state index contributed by atoms with van der Waals surface area (Å²) in [4.78, 5) is 21.7. The largest absolute Gasteiger partial charge is 0.493 e. The monoisotopic (exact) mass is 687 g/mol. The standard InChI is InChI=1S/C42H42ClN3O4/c1-31-7-15-37(16-8-31)48-26-21-33-9-11-34(12-10-33)29-45-22-24-46(25-23-45)42(47)20-14-35-13-17-38(27-32(35)2)50-41-19-18-39(28-44-41)49-30-36-5-3-4-6-40(36)43/h3-20,27-28H,21-26,29-30H2,1-2H3. The van der Waals surface area contributed by atoms with Gasteiger partial charge in [-0.25, -0.2) is 4.98 Å². The molecule has 4 aromatic carbocycles. The molecule has 1 aliphatic heterocycles. The van der Waals surface area contributed by atoms with E-state index in [1.54, 1.807) is 18.3 Å². The smallest absolute Gasteiger partial charge is 0.246 e. The van der Waals surface area contributed by atoms with Crippen molar-refractivity contribution in [3.8, 4) is 23.1 Å². The number of aryl methyl sites for hydroxylation is 2. The van der Waals surface area contributed by atoms with E-state index in [9.17, 15) is 4.79 Å². The second-order valence-electron chi connectivity index (χ2n) is 12.5. The summed E-state index contributed by atoms with van der Waals surface area (Å²) in [6, 6.07) is 33.9. The van der Waals surface area contributed by atoms with Crippen molar-refractivity contribution in [1.82, 2.24) is 14.8 Å². The van der Waals surface area contributed by atoms with Crippen LogP contribution in [0.15, 0.2) is 115 Å². The van der Waals surface area contributed by atoms with Gasteiger partial charge in [-0.1, -0.05) is 77.8 Å². The lowest BCUT2D eigenvalue weighted by molar-refractivity contribution is -0.127. The summed E-state index contributed by atoms with van der Waals surface area (Å²) >= 11 is 6.21. The zero-order valence-corrected chi connectivity index (χ0v) is 29.3. The third kappa shape index (κ3) is 9.97. The zero-order chi connectivity index (χ0) is 34.7. The number of ether oxygens (including phenoxy) is 3.